The third-order valence-electron chi connectivity index (χ3n) is 6.68. The second-order valence-corrected chi connectivity index (χ2v) is 9.21. The number of anilines is 1. The molecule has 5 rings (SSSR count). The first-order chi connectivity index (χ1) is 15.1. The number of hydrogen-bond donors (Lipinski definition) is 0. The lowest BCUT2D eigenvalue weighted by Gasteiger charge is -2.29. The molecular weight excluding hydrogens is 390 g/mol. The van der Waals surface area contributed by atoms with Gasteiger partial charge in [0.05, 0.1) is 0 Å². The van der Waals surface area contributed by atoms with E-state index in [9.17, 15) is 9.59 Å². The number of fused-ring (bicyclic) bond motifs is 1. The molecule has 3 aliphatic rings. The van der Waals surface area contributed by atoms with E-state index in [1.54, 1.807) is 18.1 Å². The van der Waals surface area contributed by atoms with Crippen LogP contribution in [-0.2, 0) is 13.1 Å². The zero-order valence-electron chi connectivity index (χ0n) is 18.3. The first-order valence-corrected chi connectivity index (χ1v) is 11.5. The molecule has 1 saturated carbocycles. The van der Waals surface area contributed by atoms with Gasteiger partial charge in [-0.25, -0.2) is 4.98 Å². The Morgan fingerprint density at radius 2 is 1.81 bits per heavy atom. The largest absolute Gasteiger partial charge is 0.372 e. The van der Waals surface area contributed by atoms with Crippen molar-refractivity contribution in [2.24, 2.45) is 5.92 Å². The lowest BCUT2D eigenvalue weighted by Crippen LogP contribution is -2.41. The average molecular weight is 422 g/mol. The Bertz CT molecular complexity index is 957. The van der Waals surface area contributed by atoms with Crippen LogP contribution in [0.2, 0.25) is 0 Å². The lowest BCUT2D eigenvalue weighted by atomic mass is 10.1. The van der Waals surface area contributed by atoms with Crippen molar-refractivity contribution in [1.82, 2.24) is 19.4 Å². The fraction of sp³-hybridized carbons (Fsp3) is 0.542. The Kier molecular flexibility index (Phi) is 5.42. The molecule has 2 aliphatic heterocycles. The molecule has 1 aromatic carbocycles. The van der Waals surface area contributed by atoms with Crippen LogP contribution in [0.4, 0.5) is 5.69 Å². The first kappa shape index (κ1) is 20.1. The van der Waals surface area contributed by atoms with Crippen molar-refractivity contribution < 1.29 is 9.59 Å². The molecule has 7 heteroatoms. The number of aromatic nitrogens is 2. The van der Waals surface area contributed by atoms with Gasteiger partial charge in [0.15, 0.2) is 5.82 Å². The van der Waals surface area contributed by atoms with Gasteiger partial charge in [0.25, 0.3) is 11.8 Å². The topological polar surface area (TPSA) is 61.7 Å². The summed E-state index contributed by atoms with van der Waals surface area (Å²) in [5, 5.41) is 0. The number of carbonyl (C=O) groups excluding carboxylic acids is 2. The smallest absolute Gasteiger partial charge is 0.289 e. The van der Waals surface area contributed by atoms with Crippen molar-refractivity contribution in [1.29, 1.82) is 0 Å². The maximum absolute atomic E-state index is 13.0. The van der Waals surface area contributed by atoms with Crippen molar-refractivity contribution >= 4 is 17.5 Å². The van der Waals surface area contributed by atoms with Crippen LogP contribution in [-0.4, -0.2) is 64.4 Å². The summed E-state index contributed by atoms with van der Waals surface area (Å²) in [7, 11) is 1.79. The summed E-state index contributed by atoms with van der Waals surface area (Å²) in [4.78, 5) is 36.1. The summed E-state index contributed by atoms with van der Waals surface area (Å²) in [5.41, 5.74) is 2.70. The predicted octanol–water partition coefficient (Wildman–Crippen LogP) is 3.01. The van der Waals surface area contributed by atoms with Gasteiger partial charge in [-0.1, -0.05) is 12.1 Å². The minimum absolute atomic E-state index is 0.0480. The van der Waals surface area contributed by atoms with E-state index in [1.807, 2.05) is 9.47 Å². The summed E-state index contributed by atoms with van der Waals surface area (Å²) >= 11 is 0. The maximum Gasteiger partial charge on any atom is 0.289 e. The Morgan fingerprint density at radius 3 is 2.52 bits per heavy atom. The quantitative estimate of drug-likeness (QED) is 0.719. The van der Waals surface area contributed by atoms with E-state index < -0.39 is 0 Å². The molecule has 3 heterocycles. The Labute approximate surface area is 183 Å². The molecule has 0 N–H and O–H groups in total. The number of hydrogen-bond acceptors (Lipinski definition) is 4. The van der Waals surface area contributed by atoms with E-state index in [2.05, 4.69) is 34.1 Å². The highest BCUT2D eigenvalue weighted by atomic mass is 16.2. The molecule has 31 heavy (non-hydrogen) atoms. The van der Waals surface area contributed by atoms with Gasteiger partial charge in [-0.2, -0.15) is 0 Å². The summed E-state index contributed by atoms with van der Waals surface area (Å²) in [6, 6.07) is 8.51. The number of carbonyl (C=O) groups is 2. The van der Waals surface area contributed by atoms with Crippen molar-refractivity contribution in [2.75, 3.05) is 38.1 Å². The first-order valence-electron chi connectivity index (χ1n) is 11.5. The molecule has 164 valence electrons. The summed E-state index contributed by atoms with van der Waals surface area (Å²) < 4.78 is 1.83. The fourth-order valence-corrected chi connectivity index (χ4v) is 4.62. The van der Waals surface area contributed by atoms with Crippen LogP contribution in [0.25, 0.3) is 0 Å². The zero-order valence-corrected chi connectivity index (χ0v) is 18.3. The molecule has 7 nitrogen and oxygen atoms in total. The van der Waals surface area contributed by atoms with Crippen molar-refractivity contribution in [3.63, 3.8) is 0 Å². The highest BCUT2D eigenvalue weighted by molar-refractivity contribution is 5.96. The molecule has 1 aliphatic carbocycles. The van der Waals surface area contributed by atoms with E-state index in [1.165, 1.54) is 37.8 Å². The summed E-state index contributed by atoms with van der Waals surface area (Å²) in [6.07, 6.45) is 8.00. The van der Waals surface area contributed by atoms with Gasteiger partial charge in [0, 0.05) is 58.2 Å². The van der Waals surface area contributed by atoms with E-state index in [0.29, 0.717) is 37.1 Å². The molecule has 2 amide bonds. The number of rotatable bonds is 6. The number of nitrogens with zero attached hydrogens (tertiary/aromatic N) is 5. The second kappa shape index (κ2) is 8.36. The summed E-state index contributed by atoms with van der Waals surface area (Å²) in [6.45, 7) is 4.99. The average Bonchev–Trinajstić information content (AvgIpc) is 3.51. The van der Waals surface area contributed by atoms with Gasteiger partial charge in [-0.05, 0) is 55.7 Å². The van der Waals surface area contributed by atoms with Crippen LogP contribution in [0, 0.1) is 5.92 Å². The van der Waals surface area contributed by atoms with Crippen LogP contribution in [0.3, 0.4) is 0 Å². The van der Waals surface area contributed by atoms with Gasteiger partial charge in [-0.15, -0.1) is 0 Å². The predicted molar refractivity (Wildman–Crippen MR) is 119 cm³/mol. The van der Waals surface area contributed by atoms with Crippen molar-refractivity contribution in [3.8, 4) is 0 Å². The van der Waals surface area contributed by atoms with Crippen LogP contribution < -0.4 is 4.90 Å². The zero-order chi connectivity index (χ0) is 21.4. The fourth-order valence-electron chi connectivity index (χ4n) is 4.62. The monoisotopic (exact) mass is 421 g/mol. The van der Waals surface area contributed by atoms with Crippen LogP contribution in [0.15, 0.2) is 30.5 Å². The van der Waals surface area contributed by atoms with Crippen molar-refractivity contribution in [3.05, 3.63) is 47.5 Å². The molecule has 2 aromatic rings. The van der Waals surface area contributed by atoms with Gasteiger partial charge < -0.3 is 19.3 Å². The molecule has 1 saturated heterocycles. The number of amides is 2. The number of benzene rings is 1. The second-order valence-electron chi connectivity index (χ2n) is 9.21. The molecule has 0 bridgehead atoms. The maximum atomic E-state index is 13.0. The summed E-state index contributed by atoms with van der Waals surface area (Å²) in [5.74, 6) is 0.852. The highest BCUT2D eigenvalue weighted by Gasteiger charge is 2.33. The van der Waals surface area contributed by atoms with E-state index in [-0.39, 0.29) is 11.8 Å². The molecule has 0 atom stereocenters. The Hall–Kier alpha value is -2.83. The van der Waals surface area contributed by atoms with E-state index >= 15 is 0 Å². The number of imidazole rings is 1. The van der Waals surface area contributed by atoms with E-state index in [0.717, 1.165) is 25.2 Å². The third-order valence-corrected chi connectivity index (χ3v) is 6.68. The molecule has 2 fully saturated rings. The normalized spacial score (nSPS) is 18.8. The lowest BCUT2D eigenvalue weighted by molar-refractivity contribution is 0.0688. The van der Waals surface area contributed by atoms with Gasteiger partial charge in [-0.3, -0.25) is 9.59 Å². The molecule has 0 spiro atoms. The van der Waals surface area contributed by atoms with Gasteiger partial charge in [0.2, 0.25) is 0 Å². The van der Waals surface area contributed by atoms with Gasteiger partial charge >= 0.3 is 0 Å². The third kappa shape index (κ3) is 4.31. The Balaban J connectivity index is 1.23. The molecular formula is C24H31N5O2. The standard InChI is InChI=1S/C24H31N5O2/c1-26(15-18-7-9-20(10-8-18)27-11-3-2-4-12-27)23(30)21-17-28-13-14-29(16-19-5-6-19)24(31)22(28)25-21/h7-10,17,19H,2-6,11-16H2,1H3. The number of piperidine rings is 1. The van der Waals surface area contributed by atoms with Crippen molar-refractivity contribution in [2.45, 2.75) is 45.2 Å². The van der Waals surface area contributed by atoms with Crippen LogP contribution in [0.5, 0.6) is 0 Å². The molecule has 1 aromatic heterocycles. The Morgan fingerprint density at radius 1 is 1.06 bits per heavy atom. The van der Waals surface area contributed by atoms with Crippen LogP contribution in [0.1, 0.15) is 58.8 Å². The SMILES string of the molecule is CN(Cc1ccc(N2CCCCC2)cc1)C(=O)c1cn2c(n1)C(=O)N(CC1CC1)CC2. The highest BCUT2D eigenvalue weighted by Crippen LogP contribution is 2.30. The molecule has 0 radical (unpaired) electrons. The van der Waals surface area contributed by atoms with E-state index in [4.69, 9.17) is 0 Å². The minimum Gasteiger partial charge on any atom is -0.372 e. The van der Waals surface area contributed by atoms with Crippen LogP contribution >= 0.6 is 0 Å². The molecule has 0 unspecified atom stereocenters. The van der Waals surface area contributed by atoms with Gasteiger partial charge in [0.1, 0.15) is 5.69 Å². The minimum atomic E-state index is -0.149.